The molecule has 1 unspecified atom stereocenters. The summed E-state index contributed by atoms with van der Waals surface area (Å²) in [5, 5.41) is 5.92. The highest BCUT2D eigenvalue weighted by Gasteiger charge is 2.09. The predicted octanol–water partition coefficient (Wildman–Crippen LogP) is 2.82. The van der Waals surface area contributed by atoms with Crippen molar-refractivity contribution in [2.24, 2.45) is 0 Å². The number of amides is 1. The number of carbonyl (C=O) groups is 1. The Bertz CT molecular complexity index is 362. The summed E-state index contributed by atoms with van der Waals surface area (Å²) < 4.78 is 0. The molecule has 0 fully saturated rings. The number of pyridine rings is 1. The number of carbonyl (C=O) groups excluding carboxylic acids is 1. The van der Waals surface area contributed by atoms with E-state index in [1.165, 1.54) is 12.8 Å². The number of hydrogen-bond donors (Lipinski definition) is 2. The van der Waals surface area contributed by atoms with Crippen molar-refractivity contribution >= 4 is 11.7 Å². The Hall–Kier alpha value is -1.58. The lowest BCUT2D eigenvalue weighted by Crippen LogP contribution is -2.32. The van der Waals surface area contributed by atoms with E-state index >= 15 is 0 Å². The van der Waals surface area contributed by atoms with Crippen molar-refractivity contribution in [3.63, 3.8) is 0 Å². The Balaban J connectivity index is 2.43. The van der Waals surface area contributed by atoms with Gasteiger partial charge in [-0.1, -0.05) is 26.2 Å². The summed E-state index contributed by atoms with van der Waals surface area (Å²) in [6, 6.07) is 3.80. The first-order valence-electron chi connectivity index (χ1n) is 6.62. The van der Waals surface area contributed by atoms with Crippen molar-refractivity contribution in [3.05, 3.63) is 23.9 Å². The van der Waals surface area contributed by atoms with Crippen molar-refractivity contribution < 1.29 is 4.79 Å². The van der Waals surface area contributed by atoms with Gasteiger partial charge < -0.3 is 10.6 Å². The number of hydrogen-bond acceptors (Lipinski definition) is 3. The van der Waals surface area contributed by atoms with E-state index in [4.69, 9.17) is 0 Å². The maximum absolute atomic E-state index is 11.9. The molecule has 0 aromatic carbocycles. The molecule has 2 N–H and O–H groups in total. The van der Waals surface area contributed by atoms with E-state index < -0.39 is 0 Å². The highest BCUT2D eigenvalue weighted by Crippen LogP contribution is 2.06. The molecule has 1 atom stereocenters. The lowest BCUT2D eigenvalue weighted by atomic mass is 10.1. The zero-order chi connectivity index (χ0) is 13.4. The summed E-state index contributed by atoms with van der Waals surface area (Å²) in [5.74, 6) is 0.719. The Morgan fingerprint density at radius 1 is 1.39 bits per heavy atom. The smallest absolute Gasteiger partial charge is 0.253 e. The molecular weight excluding hydrogens is 226 g/mol. The summed E-state index contributed by atoms with van der Waals surface area (Å²) >= 11 is 0. The SMILES string of the molecule is CCCCCC(C)NC(=O)c1ccc(NC)nc1. The second kappa shape index (κ2) is 7.69. The van der Waals surface area contributed by atoms with E-state index in [9.17, 15) is 4.79 Å². The van der Waals surface area contributed by atoms with Gasteiger partial charge in [0.1, 0.15) is 5.82 Å². The summed E-state index contributed by atoms with van der Waals surface area (Å²) in [4.78, 5) is 16.0. The van der Waals surface area contributed by atoms with Crippen LogP contribution in [0.5, 0.6) is 0 Å². The Kier molecular flexibility index (Phi) is 6.19. The van der Waals surface area contributed by atoms with Crippen LogP contribution in [0.1, 0.15) is 49.9 Å². The van der Waals surface area contributed by atoms with Gasteiger partial charge in [-0.25, -0.2) is 4.98 Å². The summed E-state index contributed by atoms with van der Waals surface area (Å²) in [7, 11) is 1.80. The minimum absolute atomic E-state index is 0.0471. The van der Waals surface area contributed by atoms with Crippen LogP contribution in [0.3, 0.4) is 0 Å². The fourth-order valence-corrected chi connectivity index (χ4v) is 1.76. The molecule has 100 valence electrons. The highest BCUT2D eigenvalue weighted by atomic mass is 16.1. The maximum Gasteiger partial charge on any atom is 0.253 e. The fourth-order valence-electron chi connectivity index (χ4n) is 1.76. The minimum atomic E-state index is -0.0471. The number of nitrogens with one attached hydrogen (secondary N) is 2. The predicted molar refractivity (Wildman–Crippen MR) is 74.9 cm³/mol. The average molecular weight is 249 g/mol. The van der Waals surface area contributed by atoms with E-state index in [0.29, 0.717) is 5.56 Å². The lowest BCUT2D eigenvalue weighted by molar-refractivity contribution is 0.0937. The van der Waals surface area contributed by atoms with Crippen LogP contribution in [0.15, 0.2) is 18.3 Å². The molecule has 0 aliphatic heterocycles. The van der Waals surface area contributed by atoms with Gasteiger partial charge in [0.05, 0.1) is 5.56 Å². The molecule has 1 aromatic rings. The van der Waals surface area contributed by atoms with Crippen molar-refractivity contribution in [2.75, 3.05) is 12.4 Å². The third-order valence-corrected chi connectivity index (χ3v) is 2.90. The average Bonchev–Trinajstić information content (AvgIpc) is 2.39. The largest absolute Gasteiger partial charge is 0.373 e. The van der Waals surface area contributed by atoms with Crippen molar-refractivity contribution in [3.8, 4) is 0 Å². The molecule has 1 heterocycles. The van der Waals surface area contributed by atoms with E-state index in [1.807, 2.05) is 6.92 Å². The molecule has 0 saturated heterocycles. The van der Waals surface area contributed by atoms with Crippen LogP contribution in [0, 0.1) is 0 Å². The number of unbranched alkanes of at least 4 members (excludes halogenated alkanes) is 2. The molecule has 4 nitrogen and oxygen atoms in total. The third kappa shape index (κ3) is 4.73. The second-order valence-electron chi connectivity index (χ2n) is 4.55. The standard InChI is InChI=1S/C14H23N3O/c1-4-5-6-7-11(2)17-14(18)12-8-9-13(15-3)16-10-12/h8-11H,4-7H2,1-3H3,(H,15,16)(H,17,18). The van der Waals surface area contributed by atoms with Crippen LogP contribution in [-0.4, -0.2) is 24.0 Å². The van der Waals surface area contributed by atoms with Crippen LogP contribution < -0.4 is 10.6 Å². The van der Waals surface area contributed by atoms with E-state index in [1.54, 1.807) is 25.4 Å². The fraction of sp³-hybridized carbons (Fsp3) is 0.571. The van der Waals surface area contributed by atoms with Gasteiger partial charge in [0.2, 0.25) is 0 Å². The van der Waals surface area contributed by atoms with Crippen molar-refractivity contribution in [1.82, 2.24) is 10.3 Å². The van der Waals surface area contributed by atoms with Crippen LogP contribution in [-0.2, 0) is 0 Å². The zero-order valence-corrected chi connectivity index (χ0v) is 11.5. The van der Waals surface area contributed by atoms with Gasteiger partial charge in [0.15, 0.2) is 0 Å². The quantitative estimate of drug-likeness (QED) is 0.731. The molecule has 1 amide bonds. The Morgan fingerprint density at radius 3 is 2.72 bits per heavy atom. The first-order chi connectivity index (χ1) is 8.67. The first-order valence-corrected chi connectivity index (χ1v) is 6.62. The molecule has 0 spiro atoms. The number of nitrogens with zero attached hydrogens (tertiary/aromatic N) is 1. The molecule has 4 heteroatoms. The molecule has 0 aliphatic carbocycles. The molecule has 1 aromatic heterocycles. The van der Waals surface area contributed by atoms with Gasteiger partial charge in [0.25, 0.3) is 5.91 Å². The molecule has 0 bridgehead atoms. The maximum atomic E-state index is 11.9. The van der Waals surface area contributed by atoms with Crippen LogP contribution in [0.4, 0.5) is 5.82 Å². The zero-order valence-electron chi connectivity index (χ0n) is 11.5. The van der Waals surface area contributed by atoms with Crippen LogP contribution in [0.2, 0.25) is 0 Å². The Labute approximate surface area is 109 Å². The molecule has 0 saturated carbocycles. The summed E-state index contributed by atoms with van der Waals surface area (Å²) in [6.45, 7) is 4.22. The normalized spacial score (nSPS) is 11.9. The van der Waals surface area contributed by atoms with Crippen LogP contribution in [0.25, 0.3) is 0 Å². The van der Waals surface area contributed by atoms with Crippen LogP contribution >= 0.6 is 0 Å². The molecule has 0 radical (unpaired) electrons. The highest BCUT2D eigenvalue weighted by molar-refractivity contribution is 5.94. The molecule has 0 aliphatic rings. The van der Waals surface area contributed by atoms with Crippen molar-refractivity contribution in [2.45, 2.75) is 45.6 Å². The van der Waals surface area contributed by atoms with E-state index in [-0.39, 0.29) is 11.9 Å². The monoisotopic (exact) mass is 249 g/mol. The van der Waals surface area contributed by atoms with E-state index in [0.717, 1.165) is 18.7 Å². The number of rotatable bonds is 7. The number of aromatic nitrogens is 1. The summed E-state index contributed by atoms with van der Waals surface area (Å²) in [6.07, 6.45) is 6.21. The molecule has 1 rings (SSSR count). The second-order valence-corrected chi connectivity index (χ2v) is 4.55. The first kappa shape index (κ1) is 14.5. The van der Waals surface area contributed by atoms with E-state index in [2.05, 4.69) is 22.5 Å². The van der Waals surface area contributed by atoms with Gasteiger partial charge in [-0.2, -0.15) is 0 Å². The van der Waals surface area contributed by atoms with Gasteiger partial charge in [-0.05, 0) is 25.5 Å². The van der Waals surface area contributed by atoms with Crippen molar-refractivity contribution in [1.29, 1.82) is 0 Å². The van der Waals surface area contributed by atoms with Gasteiger partial charge in [-0.15, -0.1) is 0 Å². The van der Waals surface area contributed by atoms with Gasteiger partial charge >= 0.3 is 0 Å². The third-order valence-electron chi connectivity index (χ3n) is 2.90. The topological polar surface area (TPSA) is 54.0 Å². The Morgan fingerprint density at radius 2 is 2.17 bits per heavy atom. The molecular formula is C14H23N3O. The molecule has 18 heavy (non-hydrogen) atoms. The van der Waals surface area contributed by atoms with Gasteiger partial charge in [0, 0.05) is 19.3 Å². The summed E-state index contributed by atoms with van der Waals surface area (Å²) in [5.41, 5.74) is 0.608. The minimum Gasteiger partial charge on any atom is -0.373 e. The lowest BCUT2D eigenvalue weighted by Gasteiger charge is -2.13. The number of anilines is 1. The van der Waals surface area contributed by atoms with Gasteiger partial charge in [-0.3, -0.25) is 4.79 Å².